The summed E-state index contributed by atoms with van der Waals surface area (Å²) in [4.78, 5) is 14.0. The summed E-state index contributed by atoms with van der Waals surface area (Å²) in [5, 5.41) is 0. The van der Waals surface area contributed by atoms with Crippen LogP contribution < -0.4 is 4.74 Å². The van der Waals surface area contributed by atoms with E-state index in [2.05, 4.69) is 15.9 Å². The van der Waals surface area contributed by atoms with Crippen molar-refractivity contribution >= 4 is 22.0 Å². The fourth-order valence-corrected chi connectivity index (χ4v) is 3.06. The lowest BCUT2D eigenvalue weighted by Crippen LogP contribution is -2.38. The van der Waals surface area contributed by atoms with E-state index in [0.717, 1.165) is 23.1 Å². The maximum Gasteiger partial charge on any atom is 0.410 e. The number of hydrogen-bond acceptors (Lipinski definition) is 3. The zero-order valence-corrected chi connectivity index (χ0v) is 14.6. The summed E-state index contributed by atoms with van der Waals surface area (Å²) < 4.78 is 12.0. The van der Waals surface area contributed by atoms with Crippen LogP contribution in [0.4, 0.5) is 4.79 Å². The molecule has 2 rings (SSSR count). The molecule has 116 valence electrons. The molecule has 1 aromatic rings. The second-order valence-corrected chi connectivity index (χ2v) is 7.03. The van der Waals surface area contributed by atoms with Crippen LogP contribution >= 0.6 is 15.9 Å². The van der Waals surface area contributed by atoms with E-state index in [-0.39, 0.29) is 6.09 Å². The number of halogens is 1. The largest absolute Gasteiger partial charge is 0.496 e. The van der Waals surface area contributed by atoms with Gasteiger partial charge in [0.05, 0.1) is 7.11 Å². The van der Waals surface area contributed by atoms with Gasteiger partial charge in [0.2, 0.25) is 0 Å². The van der Waals surface area contributed by atoms with E-state index in [1.165, 1.54) is 11.1 Å². The van der Waals surface area contributed by atoms with Crippen molar-refractivity contribution in [2.45, 2.75) is 39.2 Å². The molecule has 0 saturated heterocycles. The summed E-state index contributed by atoms with van der Waals surface area (Å²) in [6, 6.07) is 3.97. The summed E-state index contributed by atoms with van der Waals surface area (Å²) in [5.41, 5.74) is 1.94. The molecule has 0 aromatic heterocycles. The highest BCUT2D eigenvalue weighted by molar-refractivity contribution is 9.10. The van der Waals surface area contributed by atoms with Gasteiger partial charge >= 0.3 is 6.09 Å². The molecular weight excluding hydrogens is 334 g/mol. The highest BCUT2D eigenvalue weighted by Crippen LogP contribution is 2.32. The number of rotatable bonds is 1. The van der Waals surface area contributed by atoms with Crippen molar-refractivity contribution in [3.05, 3.63) is 27.7 Å². The molecule has 0 radical (unpaired) electrons. The molecule has 0 atom stereocenters. The number of nitrogens with zero attached hydrogens (tertiary/aromatic N) is 1. The van der Waals surface area contributed by atoms with Gasteiger partial charge in [-0.15, -0.1) is 0 Å². The van der Waals surface area contributed by atoms with Gasteiger partial charge < -0.3 is 14.4 Å². The van der Waals surface area contributed by atoms with E-state index >= 15 is 0 Å². The molecule has 4 nitrogen and oxygen atoms in total. The highest BCUT2D eigenvalue weighted by atomic mass is 79.9. The van der Waals surface area contributed by atoms with E-state index in [4.69, 9.17) is 9.47 Å². The first-order valence-electron chi connectivity index (χ1n) is 7.14. The fourth-order valence-electron chi connectivity index (χ4n) is 2.49. The third-order valence-corrected chi connectivity index (χ3v) is 4.21. The number of hydrogen-bond donors (Lipinski definition) is 0. The fraction of sp³-hybridized carbons (Fsp3) is 0.562. The van der Waals surface area contributed by atoms with Gasteiger partial charge in [0, 0.05) is 23.1 Å². The van der Waals surface area contributed by atoms with E-state index < -0.39 is 5.60 Å². The van der Waals surface area contributed by atoms with Crippen molar-refractivity contribution < 1.29 is 14.3 Å². The molecule has 0 unspecified atom stereocenters. The standard InChI is InChI=1S/C16H22BrNO3/c1-16(2,3)21-15(19)18-9-7-11-12(8-10-18)14(20-4)6-5-13(11)17/h5-6H,7-10H2,1-4H3. The number of carbonyl (C=O) groups excluding carboxylic acids is 1. The van der Waals surface area contributed by atoms with E-state index in [0.29, 0.717) is 13.1 Å². The number of amides is 1. The first kappa shape index (κ1) is 16.1. The van der Waals surface area contributed by atoms with Gasteiger partial charge in [0.1, 0.15) is 11.4 Å². The average molecular weight is 356 g/mol. The summed E-state index contributed by atoms with van der Waals surface area (Å²) in [5.74, 6) is 0.888. The number of ether oxygens (including phenoxy) is 2. The van der Waals surface area contributed by atoms with Gasteiger partial charge in [0.15, 0.2) is 0 Å². The van der Waals surface area contributed by atoms with Crippen LogP contribution in [0.1, 0.15) is 31.9 Å². The van der Waals surface area contributed by atoms with Crippen LogP contribution in [0, 0.1) is 0 Å². The summed E-state index contributed by atoms with van der Waals surface area (Å²) in [6.45, 7) is 6.97. The highest BCUT2D eigenvalue weighted by Gasteiger charge is 2.25. The molecule has 1 aliphatic heterocycles. The van der Waals surface area contributed by atoms with Gasteiger partial charge in [-0.3, -0.25) is 0 Å². The van der Waals surface area contributed by atoms with Crippen molar-refractivity contribution in [1.29, 1.82) is 0 Å². The number of benzene rings is 1. The Morgan fingerprint density at radius 1 is 1.19 bits per heavy atom. The Labute approximate surface area is 134 Å². The molecule has 5 heteroatoms. The Hall–Kier alpha value is -1.23. The molecule has 1 aliphatic rings. The Bertz CT molecular complexity index is 537. The third kappa shape index (κ3) is 3.90. The van der Waals surface area contributed by atoms with Gasteiger partial charge in [-0.1, -0.05) is 15.9 Å². The number of carbonyl (C=O) groups is 1. The van der Waals surface area contributed by atoms with Gasteiger partial charge in [0.25, 0.3) is 0 Å². The van der Waals surface area contributed by atoms with Crippen LogP contribution in [0.15, 0.2) is 16.6 Å². The maximum atomic E-state index is 12.2. The minimum Gasteiger partial charge on any atom is -0.496 e. The predicted octanol–water partition coefficient (Wildman–Crippen LogP) is 3.79. The predicted molar refractivity (Wildman–Crippen MR) is 85.9 cm³/mol. The molecule has 0 saturated carbocycles. The monoisotopic (exact) mass is 355 g/mol. The lowest BCUT2D eigenvalue weighted by molar-refractivity contribution is 0.0258. The maximum absolute atomic E-state index is 12.2. The van der Waals surface area contributed by atoms with Crippen molar-refractivity contribution in [3.63, 3.8) is 0 Å². The van der Waals surface area contributed by atoms with Crippen LogP contribution in [0.2, 0.25) is 0 Å². The van der Waals surface area contributed by atoms with Crippen LogP contribution in [0.3, 0.4) is 0 Å². The van der Waals surface area contributed by atoms with Gasteiger partial charge in [-0.05, 0) is 51.3 Å². The molecule has 0 N–H and O–H groups in total. The molecule has 1 aromatic carbocycles. The zero-order valence-electron chi connectivity index (χ0n) is 13.0. The first-order chi connectivity index (χ1) is 9.81. The molecule has 0 bridgehead atoms. The van der Waals surface area contributed by atoms with Crippen molar-refractivity contribution in [2.24, 2.45) is 0 Å². The van der Waals surface area contributed by atoms with Crippen molar-refractivity contribution in [3.8, 4) is 5.75 Å². The Morgan fingerprint density at radius 2 is 1.81 bits per heavy atom. The van der Waals surface area contributed by atoms with Crippen LogP contribution in [-0.2, 0) is 17.6 Å². The second kappa shape index (κ2) is 6.26. The van der Waals surface area contributed by atoms with Crippen LogP contribution in [0.25, 0.3) is 0 Å². The lowest BCUT2D eigenvalue weighted by atomic mass is 10.0. The van der Waals surface area contributed by atoms with E-state index in [1.54, 1.807) is 12.0 Å². The van der Waals surface area contributed by atoms with Crippen LogP contribution in [0.5, 0.6) is 5.75 Å². The normalized spacial score (nSPS) is 15.2. The number of fused-ring (bicyclic) bond motifs is 1. The first-order valence-corrected chi connectivity index (χ1v) is 7.93. The molecule has 1 amide bonds. The summed E-state index contributed by atoms with van der Waals surface area (Å²) in [7, 11) is 1.68. The zero-order chi connectivity index (χ0) is 15.6. The summed E-state index contributed by atoms with van der Waals surface area (Å²) in [6.07, 6.45) is 1.33. The minimum absolute atomic E-state index is 0.245. The van der Waals surface area contributed by atoms with E-state index in [9.17, 15) is 4.79 Å². The Balaban J connectivity index is 2.17. The number of methoxy groups -OCH3 is 1. The quantitative estimate of drug-likeness (QED) is 0.769. The molecule has 0 spiro atoms. The average Bonchev–Trinajstić information content (AvgIpc) is 2.61. The SMILES string of the molecule is COc1ccc(Br)c2c1CCN(C(=O)OC(C)(C)C)CC2. The lowest BCUT2D eigenvalue weighted by Gasteiger charge is -2.26. The molecule has 0 aliphatic carbocycles. The van der Waals surface area contributed by atoms with Crippen molar-refractivity contribution in [2.75, 3.05) is 20.2 Å². The molecule has 0 fully saturated rings. The Morgan fingerprint density at radius 3 is 2.38 bits per heavy atom. The Kier molecular flexibility index (Phi) is 4.81. The molecular formula is C16H22BrNO3. The smallest absolute Gasteiger partial charge is 0.410 e. The van der Waals surface area contributed by atoms with E-state index in [1.807, 2.05) is 32.9 Å². The second-order valence-electron chi connectivity index (χ2n) is 6.17. The topological polar surface area (TPSA) is 38.8 Å². The molecule has 1 heterocycles. The third-order valence-electron chi connectivity index (χ3n) is 3.47. The van der Waals surface area contributed by atoms with Gasteiger partial charge in [-0.2, -0.15) is 0 Å². The van der Waals surface area contributed by atoms with Gasteiger partial charge in [-0.25, -0.2) is 4.79 Å². The van der Waals surface area contributed by atoms with Crippen molar-refractivity contribution in [1.82, 2.24) is 4.90 Å². The van der Waals surface area contributed by atoms with Crippen LogP contribution in [-0.4, -0.2) is 36.8 Å². The molecule has 21 heavy (non-hydrogen) atoms. The summed E-state index contributed by atoms with van der Waals surface area (Å²) >= 11 is 3.60. The minimum atomic E-state index is -0.464.